The average Bonchev–Trinajstić information content (AvgIpc) is 2.24. The van der Waals surface area contributed by atoms with Crippen molar-refractivity contribution < 1.29 is 14.6 Å². The molecule has 0 radical (unpaired) electrons. The lowest BCUT2D eigenvalue weighted by Gasteiger charge is -2.19. The van der Waals surface area contributed by atoms with Gasteiger partial charge in [-0.2, -0.15) is 0 Å². The third-order valence-corrected chi connectivity index (χ3v) is 1.96. The van der Waals surface area contributed by atoms with Crippen molar-refractivity contribution in [2.24, 2.45) is 0 Å². The van der Waals surface area contributed by atoms with Gasteiger partial charge in [0, 0.05) is 12.2 Å². The molecule has 0 atom stereocenters. The van der Waals surface area contributed by atoms with E-state index in [1.165, 1.54) is 0 Å². The third kappa shape index (κ3) is 4.87. The number of benzene rings is 1. The molecule has 0 fully saturated rings. The minimum Gasteiger partial charge on any atom is -0.456 e. The summed E-state index contributed by atoms with van der Waals surface area (Å²) in [5.74, 6) is -0.328. The number of carbonyl (C=O) groups excluding carboxylic acids is 1. The van der Waals surface area contributed by atoms with Crippen LogP contribution >= 0.6 is 0 Å². The van der Waals surface area contributed by atoms with Gasteiger partial charge in [0.2, 0.25) is 0 Å². The first-order valence-electron chi connectivity index (χ1n) is 5.60. The number of carbonyl (C=O) groups is 1. The summed E-state index contributed by atoms with van der Waals surface area (Å²) in [6.45, 7) is 6.08. The minimum atomic E-state index is -0.481. The van der Waals surface area contributed by atoms with Crippen molar-refractivity contribution in [2.75, 3.05) is 18.5 Å². The second-order valence-corrected chi connectivity index (χ2v) is 4.73. The molecule has 4 nitrogen and oxygen atoms in total. The van der Waals surface area contributed by atoms with Crippen LogP contribution in [-0.4, -0.2) is 29.8 Å². The smallest absolute Gasteiger partial charge is 0.338 e. The highest BCUT2D eigenvalue weighted by Gasteiger charge is 2.17. The summed E-state index contributed by atoms with van der Waals surface area (Å²) in [7, 11) is 0. The molecule has 94 valence electrons. The number of aliphatic hydroxyl groups excluding tert-OH is 1. The number of hydrogen-bond donors (Lipinski definition) is 2. The van der Waals surface area contributed by atoms with E-state index >= 15 is 0 Å². The van der Waals surface area contributed by atoms with Gasteiger partial charge in [0.25, 0.3) is 0 Å². The zero-order valence-electron chi connectivity index (χ0n) is 10.5. The molecule has 0 heterocycles. The number of hydrogen-bond acceptors (Lipinski definition) is 4. The molecule has 1 rings (SSSR count). The van der Waals surface area contributed by atoms with Gasteiger partial charge in [0.15, 0.2) is 0 Å². The van der Waals surface area contributed by atoms with Gasteiger partial charge >= 0.3 is 5.97 Å². The fourth-order valence-electron chi connectivity index (χ4n) is 1.26. The molecule has 0 aliphatic rings. The normalized spacial score (nSPS) is 11.1. The lowest BCUT2D eigenvalue weighted by molar-refractivity contribution is 0.00696. The number of esters is 1. The summed E-state index contributed by atoms with van der Waals surface area (Å²) >= 11 is 0. The topological polar surface area (TPSA) is 58.6 Å². The van der Waals surface area contributed by atoms with E-state index in [4.69, 9.17) is 9.84 Å². The molecular formula is C13H19NO3. The fourth-order valence-corrected chi connectivity index (χ4v) is 1.26. The summed E-state index contributed by atoms with van der Waals surface area (Å²) < 4.78 is 5.25. The highest BCUT2D eigenvalue weighted by atomic mass is 16.6. The number of aliphatic hydroxyl groups is 1. The maximum absolute atomic E-state index is 11.7. The Labute approximate surface area is 102 Å². The van der Waals surface area contributed by atoms with Gasteiger partial charge in [0.05, 0.1) is 12.2 Å². The van der Waals surface area contributed by atoms with Gasteiger partial charge in [-0.25, -0.2) is 4.79 Å². The zero-order chi connectivity index (χ0) is 12.9. The van der Waals surface area contributed by atoms with Gasteiger partial charge in [-0.05, 0) is 45.0 Å². The monoisotopic (exact) mass is 237 g/mol. The van der Waals surface area contributed by atoms with Crippen LogP contribution in [0.1, 0.15) is 31.1 Å². The van der Waals surface area contributed by atoms with E-state index in [9.17, 15) is 4.79 Å². The molecule has 4 heteroatoms. The van der Waals surface area contributed by atoms with E-state index in [0.29, 0.717) is 12.1 Å². The predicted octanol–water partition coefficient (Wildman–Crippen LogP) is 2.05. The van der Waals surface area contributed by atoms with Crippen molar-refractivity contribution in [3.05, 3.63) is 29.8 Å². The molecule has 0 bridgehead atoms. The highest BCUT2D eigenvalue weighted by Crippen LogP contribution is 2.14. The number of anilines is 1. The first-order chi connectivity index (χ1) is 7.92. The zero-order valence-corrected chi connectivity index (χ0v) is 10.5. The Morgan fingerprint density at radius 2 is 1.88 bits per heavy atom. The first-order valence-corrected chi connectivity index (χ1v) is 5.60. The van der Waals surface area contributed by atoms with Crippen LogP contribution in [0.4, 0.5) is 5.69 Å². The van der Waals surface area contributed by atoms with E-state index < -0.39 is 5.60 Å². The van der Waals surface area contributed by atoms with Crippen LogP contribution in [-0.2, 0) is 4.74 Å². The second kappa shape index (κ2) is 5.68. The lowest BCUT2D eigenvalue weighted by atomic mass is 10.1. The fraction of sp³-hybridized carbons (Fsp3) is 0.462. The molecule has 0 saturated carbocycles. The van der Waals surface area contributed by atoms with Crippen molar-refractivity contribution in [1.82, 2.24) is 0 Å². The molecule has 0 spiro atoms. The van der Waals surface area contributed by atoms with Gasteiger partial charge in [-0.3, -0.25) is 0 Å². The maximum atomic E-state index is 11.7. The van der Waals surface area contributed by atoms with Crippen molar-refractivity contribution in [2.45, 2.75) is 26.4 Å². The van der Waals surface area contributed by atoms with Gasteiger partial charge in [-0.15, -0.1) is 0 Å². The van der Waals surface area contributed by atoms with Crippen LogP contribution < -0.4 is 5.32 Å². The summed E-state index contributed by atoms with van der Waals surface area (Å²) in [4.78, 5) is 11.7. The standard InChI is InChI=1S/C13H19NO3/c1-13(2,3)17-12(16)10-4-6-11(7-5-10)14-8-9-15/h4-7,14-15H,8-9H2,1-3H3. The van der Waals surface area contributed by atoms with Gasteiger partial charge < -0.3 is 15.2 Å². The van der Waals surface area contributed by atoms with Crippen molar-refractivity contribution >= 4 is 11.7 Å². The summed E-state index contributed by atoms with van der Waals surface area (Å²) in [5, 5.41) is 11.7. The average molecular weight is 237 g/mol. The molecule has 1 aromatic carbocycles. The minimum absolute atomic E-state index is 0.0772. The first kappa shape index (κ1) is 13.5. The Morgan fingerprint density at radius 3 is 2.35 bits per heavy atom. The Morgan fingerprint density at radius 1 is 1.29 bits per heavy atom. The largest absolute Gasteiger partial charge is 0.456 e. The third-order valence-electron chi connectivity index (χ3n) is 1.96. The van der Waals surface area contributed by atoms with Crippen LogP contribution in [0.2, 0.25) is 0 Å². The molecule has 0 aromatic heterocycles. The van der Waals surface area contributed by atoms with Crippen LogP contribution in [0.3, 0.4) is 0 Å². The second-order valence-electron chi connectivity index (χ2n) is 4.73. The Balaban J connectivity index is 2.64. The number of ether oxygens (including phenoxy) is 1. The quantitative estimate of drug-likeness (QED) is 0.787. The van der Waals surface area contributed by atoms with E-state index in [-0.39, 0.29) is 12.6 Å². The summed E-state index contributed by atoms with van der Waals surface area (Å²) in [5.41, 5.74) is 0.908. The van der Waals surface area contributed by atoms with E-state index in [0.717, 1.165) is 5.69 Å². The van der Waals surface area contributed by atoms with Crippen molar-refractivity contribution in [3.63, 3.8) is 0 Å². The van der Waals surface area contributed by atoms with Crippen LogP contribution in [0.15, 0.2) is 24.3 Å². The van der Waals surface area contributed by atoms with Crippen LogP contribution in [0.5, 0.6) is 0 Å². The molecule has 2 N–H and O–H groups in total. The Hall–Kier alpha value is -1.55. The molecule has 17 heavy (non-hydrogen) atoms. The van der Waals surface area contributed by atoms with Crippen molar-refractivity contribution in [1.29, 1.82) is 0 Å². The Kier molecular flexibility index (Phi) is 4.52. The highest BCUT2D eigenvalue weighted by molar-refractivity contribution is 5.90. The Bertz CT molecular complexity index is 365. The maximum Gasteiger partial charge on any atom is 0.338 e. The molecule has 0 aliphatic carbocycles. The molecule has 0 aliphatic heterocycles. The predicted molar refractivity (Wildman–Crippen MR) is 67.2 cm³/mol. The number of nitrogens with one attached hydrogen (secondary N) is 1. The number of rotatable bonds is 4. The van der Waals surface area contributed by atoms with Crippen LogP contribution in [0.25, 0.3) is 0 Å². The van der Waals surface area contributed by atoms with E-state index in [2.05, 4.69) is 5.32 Å². The molecule has 0 saturated heterocycles. The molecule has 1 aromatic rings. The van der Waals surface area contributed by atoms with E-state index in [1.807, 2.05) is 20.8 Å². The lowest BCUT2D eigenvalue weighted by Crippen LogP contribution is -2.23. The van der Waals surface area contributed by atoms with Crippen molar-refractivity contribution in [3.8, 4) is 0 Å². The molecule has 0 unspecified atom stereocenters. The van der Waals surface area contributed by atoms with Gasteiger partial charge in [-0.1, -0.05) is 0 Å². The van der Waals surface area contributed by atoms with Gasteiger partial charge in [0.1, 0.15) is 5.60 Å². The SMILES string of the molecule is CC(C)(C)OC(=O)c1ccc(NCCO)cc1. The summed E-state index contributed by atoms with van der Waals surface area (Å²) in [6, 6.07) is 6.98. The summed E-state index contributed by atoms with van der Waals surface area (Å²) in [6.07, 6.45) is 0. The molecule has 0 amide bonds. The van der Waals surface area contributed by atoms with Crippen LogP contribution in [0, 0.1) is 0 Å². The molecular weight excluding hydrogens is 218 g/mol. The van der Waals surface area contributed by atoms with E-state index in [1.54, 1.807) is 24.3 Å².